The molecule has 0 aliphatic heterocycles. The van der Waals surface area contributed by atoms with Gasteiger partial charge >= 0.3 is 0 Å². The number of hydrogen-bond acceptors (Lipinski definition) is 4. The Morgan fingerprint density at radius 2 is 1.81 bits per heavy atom. The van der Waals surface area contributed by atoms with Crippen LogP contribution in [0.4, 0.5) is 0 Å². The molecule has 0 fully saturated rings. The molecular formula is C15H18N2O3S. The number of nitrogens with one attached hydrogen (secondary N) is 1. The van der Waals surface area contributed by atoms with Gasteiger partial charge in [-0.2, -0.15) is 0 Å². The summed E-state index contributed by atoms with van der Waals surface area (Å²) in [5.74, 6) is -0.0622. The predicted octanol–water partition coefficient (Wildman–Crippen LogP) is 1.28. The van der Waals surface area contributed by atoms with Crippen LogP contribution in [0.2, 0.25) is 0 Å². The van der Waals surface area contributed by atoms with Gasteiger partial charge in [0, 0.05) is 18.3 Å². The van der Waals surface area contributed by atoms with E-state index in [0.717, 1.165) is 11.3 Å². The van der Waals surface area contributed by atoms with E-state index < -0.39 is 16.1 Å². The Kier molecular flexibility index (Phi) is 5.44. The summed E-state index contributed by atoms with van der Waals surface area (Å²) in [6.45, 7) is -0.285. The minimum Gasteiger partial charge on any atom is -0.394 e. The maximum absolute atomic E-state index is 12.1. The number of aromatic nitrogens is 1. The van der Waals surface area contributed by atoms with Crippen molar-refractivity contribution in [1.82, 2.24) is 9.71 Å². The number of sulfonamides is 1. The zero-order valence-corrected chi connectivity index (χ0v) is 12.3. The van der Waals surface area contributed by atoms with E-state index in [1.165, 1.54) is 0 Å². The van der Waals surface area contributed by atoms with Crippen LogP contribution in [0.3, 0.4) is 0 Å². The van der Waals surface area contributed by atoms with E-state index in [-0.39, 0.29) is 12.4 Å². The highest BCUT2D eigenvalue weighted by atomic mass is 32.2. The first-order chi connectivity index (χ1) is 10.1. The Labute approximate surface area is 124 Å². The number of pyridine rings is 1. The molecule has 0 bridgehead atoms. The topological polar surface area (TPSA) is 79.3 Å². The highest BCUT2D eigenvalue weighted by molar-refractivity contribution is 7.89. The first kappa shape index (κ1) is 15.6. The van der Waals surface area contributed by atoms with Gasteiger partial charge in [-0.05, 0) is 17.7 Å². The van der Waals surface area contributed by atoms with Crippen LogP contribution in [-0.2, 0) is 16.4 Å². The standard InChI is InChI=1S/C15H18N2O3S/c18-12-15(13-6-2-1-3-7-13)17-21(19,20)11-9-14-8-4-5-10-16-14/h1-8,10,15,17-18H,9,11-12H2. The third-order valence-electron chi connectivity index (χ3n) is 3.06. The summed E-state index contributed by atoms with van der Waals surface area (Å²) in [4.78, 5) is 4.10. The van der Waals surface area contributed by atoms with Gasteiger partial charge in [0.1, 0.15) is 0 Å². The van der Waals surface area contributed by atoms with Gasteiger partial charge in [-0.25, -0.2) is 13.1 Å². The van der Waals surface area contributed by atoms with Crippen LogP contribution in [0.25, 0.3) is 0 Å². The monoisotopic (exact) mass is 306 g/mol. The van der Waals surface area contributed by atoms with Crippen LogP contribution >= 0.6 is 0 Å². The minimum absolute atomic E-state index is 0.0622. The van der Waals surface area contributed by atoms with E-state index in [0.29, 0.717) is 6.42 Å². The molecule has 2 rings (SSSR count). The number of aliphatic hydroxyl groups is 1. The number of aryl methyl sites for hydroxylation is 1. The lowest BCUT2D eigenvalue weighted by Gasteiger charge is -2.16. The molecule has 2 aromatic rings. The van der Waals surface area contributed by atoms with Crippen molar-refractivity contribution in [3.63, 3.8) is 0 Å². The van der Waals surface area contributed by atoms with E-state index in [1.807, 2.05) is 12.1 Å². The van der Waals surface area contributed by atoms with Crippen molar-refractivity contribution in [2.24, 2.45) is 0 Å². The fraction of sp³-hybridized carbons (Fsp3) is 0.267. The molecule has 112 valence electrons. The molecule has 1 heterocycles. The molecule has 1 aromatic heterocycles. The molecule has 0 aliphatic rings. The van der Waals surface area contributed by atoms with Gasteiger partial charge in [0.05, 0.1) is 18.4 Å². The van der Waals surface area contributed by atoms with Gasteiger partial charge in [0.15, 0.2) is 0 Å². The number of benzene rings is 1. The van der Waals surface area contributed by atoms with E-state index in [1.54, 1.807) is 42.6 Å². The normalized spacial score (nSPS) is 13.0. The van der Waals surface area contributed by atoms with E-state index in [4.69, 9.17) is 0 Å². The number of aliphatic hydroxyl groups excluding tert-OH is 1. The molecule has 5 nitrogen and oxygen atoms in total. The first-order valence-corrected chi connectivity index (χ1v) is 8.31. The molecule has 2 N–H and O–H groups in total. The third-order valence-corrected chi connectivity index (χ3v) is 4.44. The van der Waals surface area contributed by atoms with Crippen LogP contribution in [0.1, 0.15) is 17.3 Å². The molecule has 1 unspecified atom stereocenters. The Balaban J connectivity index is 1.99. The second-order valence-electron chi connectivity index (χ2n) is 4.65. The molecule has 0 radical (unpaired) electrons. The van der Waals surface area contributed by atoms with Gasteiger partial charge in [-0.15, -0.1) is 0 Å². The smallest absolute Gasteiger partial charge is 0.212 e. The highest BCUT2D eigenvalue weighted by Crippen LogP contribution is 2.13. The molecule has 0 saturated heterocycles. The summed E-state index contributed by atoms with van der Waals surface area (Å²) in [5.41, 5.74) is 1.46. The summed E-state index contributed by atoms with van der Waals surface area (Å²) in [5, 5.41) is 9.39. The molecule has 1 atom stereocenters. The summed E-state index contributed by atoms with van der Waals surface area (Å²) in [6, 6.07) is 13.8. The second-order valence-corrected chi connectivity index (χ2v) is 6.53. The van der Waals surface area contributed by atoms with Crippen molar-refractivity contribution < 1.29 is 13.5 Å². The van der Waals surface area contributed by atoms with E-state index in [2.05, 4.69) is 9.71 Å². The van der Waals surface area contributed by atoms with Crippen LogP contribution in [0.15, 0.2) is 54.7 Å². The van der Waals surface area contributed by atoms with Gasteiger partial charge in [0.2, 0.25) is 10.0 Å². The first-order valence-electron chi connectivity index (χ1n) is 6.66. The summed E-state index contributed by atoms with van der Waals surface area (Å²) < 4.78 is 26.7. The highest BCUT2D eigenvalue weighted by Gasteiger charge is 2.18. The average Bonchev–Trinajstić information content (AvgIpc) is 2.53. The Bertz CT molecular complexity index is 645. The lowest BCUT2D eigenvalue weighted by Crippen LogP contribution is -2.33. The fourth-order valence-corrected chi connectivity index (χ4v) is 3.20. The summed E-state index contributed by atoms with van der Waals surface area (Å²) in [7, 11) is -3.49. The van der Waals surface area contributed by atoms with Crippen molar-refractivity contribution >= 4 is 10.0 Å². The van der Waals surface area contributed by atoms with Gasteiger partial charge in [-0.3, -0.25) is 4.98 Å². The maximum atomic E-state index is 12.1. The lowest BCUT2D eigenvalue weighted by molar-refractivity contribution is 0.259. The van der Waals surface area contributed by atoms with E-state index >= 15 is 0 Å². The molecule has 0 saturated carbocycles. The zero-order valence-electron chi connectivity index (χ0n) is 11.5. The summed E-state index contributed by atoms with van der Waals surface area (Å²) >= 11 is 0. The molecule has 0 amide bonds. The maximum Gasteiger partial charge on any atom is 0.212 e. The lowest BCUT2D eigenvalue weighted by atomic mass is 10.1. The molecule has 0 aliphatic carbocycles. The van der Waals surface area contributed by atoms with Crippen LogP contribution in [0.5, 0.6) is 0 Å². The van der Waals surface area contributed by atoms with Crippen LogP contribution in [-0.4, -0.2) is 30.9 Å². The average molecular weight is 306 g/mol. The largest absolute Gasteiger partial charge is 0.394 e. The van der Waals surface area contributed by atoms with E-state index in [9.17, 15) is 13.5 Å². The van der Waals surface area contributed by atoms with Crippen LogP contribution < -0.4 is 4.72 Å². The van der Waals surface area contributed by atoms with Crippen molar-refractivity contribution in [3.8, 4) is 0 Å². The fourth-order valence-electron chi connectivity index (χ4n) is 1.96. The van der Waals surface area contributed by atoms with Crippen molar-refractivity contribution in [1.29, 1.82) is 0 Å². The predicted molar refractivity (Wildman–Crippen MR) is 81.1 cm³/mol. The second kappa shape index (κ2) is 7.31. The summed E-state index contributed by atoms with van der Waals surface area (Å²) in [6.07, 6.45) is 1.97. The minimum atomic E-state index is -3.49. The van der Waals surface area contributed by atoms with Gasteiger partial charge < -0.3 is 5.11 Å². The third kappa shape index (κ3) is 4.93. The quantitative estimate of drug-likeness (QED) is 0.807. The SMILES string of the molecule is O=S(=O)(CCc1ccccn1)NC(CO)c1ccccc1. The van der Waals surface area contributed by atoms with Gasteiger partial charge in [-0.1, -0.05) is 36.4 Å². The zero-order chi connectivity index (χ0) is 15.1. The Morgan fingerprint density at radius 3 is 2.43 bits per heavy atom. The molecule has 1 aromatic carbocycles. The van der Waals surface area contributed by atoms with Crippen LogP contribution in [0, 0.1) is 0 Å². The Morgan fingerprint density at radius 1 is 1.10 bits per heavy atom. The number of hydrogen-bond donors (Lipinski definition) is 2. The molecule has 0 spiro atoms. The van der Waals surface area contributed by atoms with Crippen molar-refractivity contribution in [2.75, 3.05) is 12.4 Å². The molecule has 6 heteroatoms. The van der Waals surface area contributed by atoms with Crippen molar-refractivity contribution in [2.45, 2.75) is 12.5 Å². The number of rotatable bonds is 7. The number of nitrogens with zero attached hydrogens (tertiary/aromatic N) is 1. The molecular weight excluding hydrogens is 288 g/mol. The Hall–Kier alpha value is -1.76. The molecule has 21 heavy (non-hydrogen) atoms. The van der Waals surface area contributed by atoms with Crippen molar-refractivity contribution in [3.05, 3.63) is 66.0 Å². The van der Waals surface area contributed by atoms with Gasteiger partial charge in [0.25, 0.3) is 0 Å².